The normalized spacial score (nSPS) is 22.0. The van der Waals surface area contributed by atoms with Gasteiger partial charge in [-0.15, -0.1) is 0 Å². The highest BCUT2D eigenvalue weighted by molar-refractivity contribution is 7.89. The van der Waals surface area contributed by atoms with Gasteiger partial charge in [0, 0.05) is 12.6 Å². The molecule has 2 fully saturated rings. The molecule has 2 aromatic rings. The highest BCUT2D eigenvalue weighted by Crippen LogP contribution is 2.37. The van der Waals surface area contributed by atoms with Crippen molar-refractivity contribution in [1.82, 2.24) is 9.71 Å². The Morgan fingerprint density at radius 1 is 1.12 bits per heavy atom. The highest BCUT2D eigenvalue weighted by atomic mass is 32.2. The third kappa shape index (κ3) is 6.30. The molecule has 9 heteroatoms. The van der Waals surface area contributed by atoms with E-state index in [4.69, 9.17) is 9.72 Å². The molecule has 0 spiro atoms. The molecular formula is C25H37N3O4S2. The van der Waals surface area contributed by atoms with Crippen molar-refractivity contribution in [3.05, 3.63) is 23.9 Å². The van der Waals surface area contributed by atoms with Crippen molar-refractivity contribution in [2.45, 2.75) is 88.2 Å². The van der Waals surface area contributed by atoms with Gasteiger partial charge in [0.1, 0.15) is 10.6 Å². The van der Waals surface area contributed by atoms with E-state index < -0.39 is 10.0 Å². The number of rotatable bonds is 9. The summed E-state index contributed by atoms with van der Waals surface area (Å²) in [7, 11) is -2.29. The molecule has 1 aromatic carbocycles. The van der Waals surface area contributed by atoms with Gasteiger partial charge in [0.15, 0.2) is 5.13 Å². The number of anilines is 1. The molecule has 0 amide bonds. The van der Waals surface area contributed by atoms with E-state index in [2.05, 4.69) is 10.0 Å². The van der Waals surface area contributed by atoms with Crippen molar-refractivity contribution in [3.8, 4) is 16.2 Å². The van der Waals surface area contributed by atoms with Crippen molar-refractivity contribution in [2.75, 3.05) is 19.0 Å². The van der Waals surface area contributed by atoms with Gasteiger partial charge in [-0.3, -0.25) is 0 Å². The minimum absolute atomic E-state index is 0.137. The smallest absolute Gasteiger partial charge is 0.244 e. The Morgan fingerprint density at radius 2 is 1.85 bits per heavy atom. The summed E-state index contributed by atoms with van der Waals surface area (Å²) in [6.07, 6.45) is 10.1. The molecule has 1 aromatic heterocycles. The molecule has 3 N–H and O–H groups in total. The summed E-state index contributed by atoms with van der Waals surface area (Å²) in [6, 6.07) is 5.11. The minimum atomic E-state index is -3.77. The first-order chi connectivity index (χ1) is 16.4. The van der Waals surface area contributed by atoms with Crippen LogP contribution in [-0.4, -0.2) is 44.3 Å². The fourth-order valence-corrected chi connectivity index (χ4v) is 7.59. The van der Waals surface area contributed by atoms with Crippen molar-refractivity contribution < 1.29 is 18.3 Å². The van der Waals surface area contributed by atoms with Crippen molar-refractivity contribution in [2.24, 2.45) is 5.92 Å². The van der Waals surface area contributed by atoms with Gasteiger partial charge in [-0.05, 0) is 68.7 Å². The zero-order valence-corrected chi connectivity index (χ0v) is 21.8. The summed E-state index contributed by atoms with van der Waals surface area (Å²) >= 11 is 1.56. The van der Waals surface area contributed by atoms with E-state index in [1.807, 2.05) is 13.0 Å². The molecular weight excluding hydrogens is 470 g/mol. The molecule has 0 bridgehead atoms. The average molecular weight is 508 g/mol. The van der Waals surface area contributed by atoms with Gasteiger partial charge in [0.2, 0.25) is 10.0 Å². The SMILES string of the molecule is COc1ccc(-c2sc(NCCC3CCCCC3)nc2C)cc1S(=O)(=O)N[C@H]1CC[C@H](O)CC1. The summed E-state index contributed by atoms with van der Waals surface area (Å²) in [6.45, 7) is 2.88. The minimum Gasteiger partial charge on any atom is -0.495 e. The van der Waals surface area contributed by atoms with E-state index in [-0.39, 0.29) is 17.0 Å². The lowest BCUT2D eigenvalue weighted by molar-refractivity contribution is 0.120. The van der Waals surface area contributed by atoms with Crippen molar-refractivity contribution in [3.63, 3.8) is 0 Å². The van der Waals surface area contributed by atoms with E-state index in [0.29, 0.717) is 31.4 Å². The molecule has 4 rings (SSSR count). The Morgan fingerprint density at radius 3 is 2.56 bits per heavy atom. The van der Waals surface area contributed by atoms with Crippen LogP contribution in [0.3, 0.4) is 0 Å². The number of nitrogens with zero attached hydrogens (tertiary/aromatic N) is 1. The Balaban J connectivity index is 1.48. The number of aromatic nitrogens is 1. The van der Waals surface area contributed by atoms with E-state index in [1.165, 1.54) is 45.6 Å². The van der Waals surface area contributed by atoms with Crippen LogP contribution >= 0.6 is 11.3 Å². The summed E-state index contributed by atoms with van der Waals surface area (Å²) in [5.74, 6) is 1.14. The number of aryl methyl sites for hydroxylation is 1. The average Bonchev–Trinajstić information content (AvgIpc) is 3.21. The van der Waals surface area contributed by atoms with Gasteiger partial charge in [-0.25, -0.2) is 18.1 Å². The van der Waals surface area contributed by atoms with E-state index >= 15 is 0 Å². The second-order valence-corrected chi connectivity index (χ2v) is 12.3. The molecule has 2 aliphatic carbocycles. The van der Waals surface area contributed by atoms with Gasteiger partial charge in [0.25, 0.3) is 0 Å². The fourth-order valence-electron chi connectivity index (χ4n) is 5.10. The highest BCUT2D eigenvalue weighted by Gasteiger charge is 2.27. The summed E-state index contributed by atoms with van der Waals surface area (Å²) in [5.41, 5.74) is 1.70. The topological polar surface area (TPSA) is 101 Å². The monoisotopic (exact) mass is 507 g/mol. The maximum atomic E-state index is 13.2. The van der Waals surface area contributed by atoms with Gasteiger partial charge in [0.05, 0.1) is 23.8 Å². The van der Waals surface area contributed by atoms with Crippen molar-refractivity contribution >= 4 is 26.5 Å². The van der Waals surface area contributed by atoms with Crippen LogP contribution in [0.2, 0.25) is 0 Å². The van der Waals surface area contributed by atoms with Crippen LogP contribution in [0.25, 0.3) is 10.4 Å². The zero-order chi connectivity index (χ0) is 24.1. The summed E-state index contributed by atoms with van der Waals surface area (Å²) in [5, 5.41) is 14.1. The Bertz CT molecular complexity index is 1060. The predicted octanol–water partition coefficient (Wildman–Crippen LogP) is 5.09. The quantitative estimate of drug-likeness (QED) is 0.437. The number of hydrogen-bond acceptors (Lipinski definition) is 7. The summed E-state index contributed by atoms with van der Waals surface area (Å²) < 4.78 is 34.7. The number of thiazole rings is 1. The van der Waals surface area contributed by atoms with E-state index in [9.17, 15) is 13.5 Å². The predicted molar refractivity (Wildman–Crippen MR) is 137 cm³/mol. The van der Waals surface area contributed by atoms with Crippen LogP contribution in [0.15, 0.2) is 23.1 Å². The largest absolute Gasteiger partial charge is 0.495 e. The first kappa shape index (κ1) is 25.4. The molecule has 0 atom stereocenters. The molecule has 2 saturated carbocycles. The third-order valence-electron chi connectivity index (χ3n) is 7.08. The number of aliphatic hydroxyl groups is 1. The van der Waals surface area contributed by atoms with Gasteiger partial charge >= 0.3 is 0 Å². The van der Waals surface area contributed by atoms with Crippen molar-refractivity contribution in [1.29, 1.82) is 0 Å². The maximum Gasteiger partial charge on any atom is 0.244 e. The Kier molecular flexibility index (Phi) is 8.50. The number of nitrogens with one attached hydrogen (secondary N) is 2. The maximum absolute atomic E-state index is 13.2. The second-order valence-electron chi connectivity index (χ2n) is 9.65. The fraction of sp³-hybridized carbons (Fsp3) is 0.640. The number of methoxy groups -OCH3 is 1. The third-order valence-corrected chi connectivity index (χ3v) is 9.79. The van der Waals surface area contributed by atoms with Gasteiger partial charge in [-0.1, -0.05) is 43.4 Å². The molecule has 34 heavy (non-hydrogen) atoms. The second kappa shape index (κ2) is 11.4. The van der Waals surface area contributed by atoms with E-state index in [0.717, 1.165) is 33.7 Å². The Labute approximate surface area is 207 Å². The van der Waals surface area contributed by atoms with Crippen LogP contribution in [0.4, 0.5) is 5.13 Å². The molecule has 2 aliphatic rings. The van der Waals surface area contributed by atoms with Crippen LogP contribution in [-0.2, 0) is 10.0 Å². The van der Waals surface area contributed by atoms with Crippen LogP contribution in [0.5, 0.6) is 5.75 Å². The standard InChI is InChI=1S/C25H37N3O4S2/c1-17-24(33-25(27-17)26-15-14-18-6-4-3-5-7-18)19-8-13-22(32-2)23(16-19)34(30,31)28-20-9-11-21(29)12-10-20/h8,13,16,18,20-21,28-29H,3-7,9-12,14-15H2,1-2H3,(H,26,27)/t20-,21-. The lowest BCUT2D eigenvalue weighted by Gasteiger charge is -2.26. The lowest BCUT2D eigenvalue weighted by Crippen LogP contribution is -2.38. The number of ether oxygens (including phenoxy) is 1. The first-order valence-corrected chi connectivity index (χ1v) is 14.8. The van der Waals surface area contributed by atoms with E-state index in [1.54, 1.807) is 23.5 Å². The number of hydrogen-bond donors (Lipinski definition) is 3. The Hall–Kier alpha value is -1.68. The molecule has 0 saturated heterocycles. The number of sulfonamides is 1. The lowest BCUT2D eigenvalue weighted by atomic mass is 9.87. The zero-order valence-electron chi connectivity index (χ0n) is 20.2. The van der Waals surface area contributed by atoms with Crippen LogP contribution in [0, 0.1) is 12.8 Å². The summed E-state index contributed by atoms with van der Waals surface area (Å²) in [4.78, 5) is 5.79. The van der Waals surface area contributed by atoms with Crippen LogP contribution < -0.4 is 14.8 Å². The molecule has 0 unspecified atom stereocenters. The number of aliphatic hydroxyl groups excluding tert-OH is 1. The molecule has 0 aliphatic heterocycles. The molecule has 1 heterocycles. The van der Waals surface area contributed by atoms with Gasteiger partial charge < -0.3 is 15.2 Å². The molecule has 188 valence electrons. The van der Waals surface area contributed by atoms with Gasteiger partial charge in [-0.2, -0.15) is 0 Å². The first-order valence-electron chi connectivity index (χ1n) is 12.5. The molecule has 7 nitrogen and oxygen atoms in total. The number of benzene rings is 1. The van der Waals surface area contributed by atoms with Crippen LogP contribution in [0.1, 0.15) is 69.9 Å². The molecule has 0 radical (unpaired) electrons.